The van der Waals surface area contributed by atoms with Crippen LogP contribution in [-0.2, 0) is 11.3 Å². The second-order valence-electron chi connectivity index (χ2n) is 5.60. The number of nitrogens with zero attached hydrogens (tertiary/aromatic N) is 5. The Bertz CT molecular complexity index is 870. The van der Waals surface area contributed by atoms with Crippen molar-refractivity contribution in [3.8, 4) is 5.69 Å². The number of carbonyl (C=O) groups is 1. The van der Waals surface area contributed by atoms with Gasteiger partial charge in [-0.15, -0.1) is 16.4 Å². The minimum atomic E-state index is 0.0645. The van der Waals surface area contributed by atoms with E-state index in [4.69, 9.17) is 0 Å². The molecule has 0 bridgehead atoms. The fourth-order valence-corrected chi connectivity index (χ4v) is 3.58. The molecular weight excluding hydrogens is 312 g/mol. The number of aryl methyl sites for hydroxylation is 1. The highest BCUT2D eigenvalue weighted by molar-refractivity contribution is 7.18. The third kappa shape index (κ3) is 2.95. The van der Waals surface area contributed by atoms with Gasteiger partial charge in [0.05, 0.1) is 39.3 Å². The van der Waals surface area contributed by atoms with Gasteiger partial charge in [-0.3, -0.25) is 9.69 Å². The third-order valence-electron chi connectivity index (χ3n) is 3.79. The Morgan fingerprint density at radius 1 is 1.39 bits per heavy atom. The van der Waals surface area contributed by atoms with Gasteiger partial charge in [0, 0.05) is 19.6 Å². The summed E-state index contributed by atoms with van der Waals surface area (Å²) in [5.74, 6) is 0.0645. The fourth-order valence-electron chi connectivity index (χ4n) is 2.72. The molecule has 0 unspecified atom stereocenters. The van der Waals surface area contributed by atoms with Crippen LogP contribution in [0.25, 0.3) is 15.9 Å². The van der Waals surface area contributed by atoms with Crippen molar-refractivity contribution in [1.82, 2.24) is 30.2 Å². The molecule has 1 amide bonds. The maximum absolute atomic E-state index is 11.4. The summed E-state index contributed by atoms with van der Waals surface area (Å²) in [5.41, 5.74) is 2.84. The van der Waals surface area contributed by atoms with Gasteiger partial charge in [0.15, 0.2) is 0 Å². The number of hydrogen-bond donors (Lipinski definition) is 1. The Hall–Kier alpha value is -2.32. The summed E-state index contributed by atoms with van der Waals surface area (Å²) >= 11 is 1.67. The number of fused-ring (bicyclic) bond motifs is 1. The molecule has 2 aromatic heterocycles. The number of thiazole rings is 1. The van der Waals surface area contributed by atoms with Gasteiger partial charge in [-0.05, 0) is 25.1 Å². The second-order valence-corrected chi connectivity index (χ2v) is 6.83. The normalized spacial score (nSPS) is 16.0. The molecule has 1 aliphatic heterocycles. The monoisotopic (exact) mass is 328 g/mol. The number of benzene rings is 1. The zero-order valence-corrected chi connectivity index (χ0v) is 13.5. The second kappa shape index (κ2) is 5.71. The first kappa shape index (κ1) is 14.3. The molecule has 1 saturated heterocycles. The molecular formula is C15H16N6OS. The summed E-state index contributed by atoms with van der Waals surface area (Å²) in [6, 6.07) is 6.07. The summed E-state index contributed by atoms with van der Waals surface area (Å²) in [7, 11) is 0. The molecule has 0 aliphatic carbocycles. The lowest BCUT2D eigenvalue weighted by atomic mass is 10.3. The van der Waals surface area contributed by atoms with E-state index in [1.165, 1.54) is 0 Å². The Kier molecular flexibility index (Phi) is 3.55. The highest BCUT2D eigenvalue weighted by Crippen LogP contribution is 2.24. The van der Waals surface area contributed by atoms with Crippen LogP contribution in [-0.4, -0.2) is 50.4 Å². The van der Waals surface area contributed by atoms with Crippen LogP contribution in [0.4, 0.5) is 0 Å². The molecule has 1 aromatic carbocycles. The Morgan fingerprint density at radius 3 is 3.17 bits per heavy atom. The van der Waals surface area contributed by atoms with Crippen molar-refractivity contribution in [3.05, 3.63) is 35.1 Å². The zero-order chi connectivity index (χ0) is 15.8. The molecule has 7 nitrogen and oxygen atoms in total. The Labute approximate surface area is 136 Å². The van der Waals surface area contributed by atoms with Crippen LogP contribution in [0.2, 0.25) is 0 Å². The summed E-state index contributed by atoms with van der Waals surface area (Å²) in [4.78, 5) is 18.0. The van der Waals surface area contributed by atoms with Gasteiger partial charge in [-0.2, -0.15) is 0 Å². The van der Waals surface area contributed by atoms with Crippen LogP contribution < -0.4 is 5.32 Å². The molecule has 0 saturated carbocycles. The number of hydrogen-bond acceptors (Lipinski definition) is 6. The molecule has 118 valence electrons. The van der Waals surface area contributed by atoms with Crippen LogP contribution in [0, 0.1) is 6.92 Å². The number of carbonyl (C=O) groups excluding carboxylic acids is 1. The van der Waals surface area contributed by atoms with E-state index >= 15 is 0 Å². The molecule has 4 rings (SSSR count). The first-order chi connectivity index (χ1) is 11.2. The van der Waals surface area contributed by atoms with E-state index in [0.29, 0.717) is 19.6 Å². The molecule has 0 radical (unpaired) electrons. The van der Waals surface area contributed by atoms with E-state index in [0.717, 1.165) is 33.2 Å². The maximum Gasteiger partial charge on any atom is 0.234 e. The third-order valence-corrected chi connectivity index (χ3v) is 4.72. The fraction of sp³-hybridized carbons (Fsp3) is 0.333. The van der Waals surface area contributed by atoms with Crippen molar-refractivity contribution in [2.45, 2.75) is 13.5 Å². The number of rotatable bonds is 3. The van der Waals surface area contributed by atoms with Crippen molar-refractivity contribution in [3.63, 3.8) is 0 Å². The SMILES string of the molecule is Cc1nc2ccc(-n3cc(CN4CCNC(=O)C4)nn3)cc2s1. The largest absolute Gasteiger partial charge is 0.354 e. The highest BCUT2D eigenvalue weighted by atomic mass is 32.1. The van der Waals surface area contributed by atoms with Gasteiger partial charge < -0.3 is 5.32 Å². The molecule has 0 spiro atoms. The molecule has 0 atom stereocenters. The van der Waals surface area contributed by atoms with E-state index in [-0.39, 0.29) is 5.91 Å². The van der Waals surface area contributed by atoms with Crippen molar-refractivity contribution in [2.75, 3.05) is 19.6 Å². The molecule has 3 heterocycles. The molecule has 8 heteroatoms. The van der Waals surface area contributed by atoms with E-state index < -0.39 is 0 Å². The number of amides is 1. The number of aromatic nitrogens is 4. The first-order valence-corrected chi connectivity index (χ1v) is 8.27. The summed E-state index contributed by atoms with van der Waals surface area (Å²) in [5, 5.41) is 12.3. The van der Waals surface area contributed by atoms with Crippen molar-refractivity contribution < 1.29 is 4.79 Å². The summed E-state index contributed by atoms with van der Waals surface area (Å²) < 4.78 is 2.91. The van der Waals surface area contributed by atoms with Gasteiger partial charge >= 0.3 is 0 Å². The number of piperazine rings is 1. The lowest BCUT2D eigenvalue weighted by Crippen LogP contribution is -2.47. The van der Waals surface area contributed by atoms with Crippen LogP contribution in [0.15, 0.2) is 24.4 Å². The van der Waals surface area contributed by atoms with E-state index in [1.807, 2.05) is 25.3 Å². The lowest BCUT2D eigenvalue weighted by Gasteiger charge is -2.25. The first-order valence-electron chi connectivity index (χ1n) is 7.45. The molecule has 1 aliphatic rings. The van der Waals surface area contributed by atoms with Gasteiger partial charge in [-0.1, -0.05) is 5.21 Å². The summed E-state index contributed by atoms with van der Waals surface area (Å²) in [6.45, 7) is 4.58. The van der Waals surface area contributed by atoms with E-state index in [9.17, 15) is 4.79 Å². The minimum absolute atomic E-state index is 0.0645. The van der Waals surface area contributed by atoms with E-state index in [2.05, 4.69) is 31.6 Å². The van der Waals surface area contributed by atoms with Crippen LogP contribution in [0.1, 0.15) is 10.7 Å². The van der Waals surface area contributed by atoms with Gasteiger partial charge in [0.1, 0.15) is 0 Å². The van der Waals surface area contributed by atoms with Crippen molar-refractivity contribution in [2.24, 2.45) is 0 Å². The molecule has 23 heavy (non-hydrogen) atoms. The van der Waals surface area contributed by atoms with Crippen LogP contribution >= 0.6 is 11.3 Å². The topological polar surface area (TPSA) is 75.9 Å². The smallest absolute Gasteiger partial charge is 0.234 e. The highest BCUT2D eigenvalue weighted by Gasteiger charge is 2.17. The number of nitrogens with one attached hydrogen (secondary N) is 1. The Balaban J connectivity index is 1.55. The van der Waals surface area contributed by atoms with Crippen molar-refractivity contribution >= 4 is 27.5 Å². The van der Waals surface area contributed by atoms with Gasteiger partial charge in [-0.25, -0.2) is 9.67 Å². The van der Waals surface area contributed by atoms with Gasteiger partial charge in [0.2, 0.25) is 5.91 Å². The summed E-state index contributed by atoms with van der Waals surface area (Å²) in [6.07, 6.45) is 1.92. The maximum atomic E-state index is 11.4. The average Bonchev–Trinajstić information content (AvgIpc) is 3.12. The standard InChI is InChI=1S/C15H16N6OS/c1-10-17-13-3-2-12(6-14(13)23-10)21-8-11(18-19-21)7-20-5-4-16-15(22)9-20/h2-3,6,8H,4-5,7,9H2,1H3,(H,16,22). The van der Waals surface area contributed by atoms with Crippen LogP contribution in [0.5, 0.6) is 0 Å². The zero-order valence-electron chi connectivity index (χ0n) is 12.7. The van der Waals surface area contributed by atoms with E-state index in [1.54, 1.807) is 16.0 Å². The predicted molar refractivity (Wildman–Crippen MR) is 87.6 cm³/mol. The predicted octanol–water partition coefficient (Wildman–Crippen LogP) is 1.12. The van der Waals surface area contributed by atoms with Crippen molar-refractivity contribution in [1.29, 1.82) is 0 Å². The quantitative estimate of drug-likeness (QED) is 0.780. The van der Waals surface area contributed by atoms with Crippen LogP contribution in [0.3, 0.4) is 0 Å². The molecule has 3 aromatic rings. The minimum Gasteiger partial charge on any atom is -0.354 e. The van der Waals surface area contributed by atoms with Gasteiger partial charge in [0.25, 0.3) is 0 Å². The molecule has 1 fully saturated rings. The molecule has 1 N–H and O–H groups in total. The Morgan fingerprint density at radius 2 is 2.30 bits per heavy atom. The lowest BCUT2D eigenvalue weighted by molar-refractivity contribution is -0.124. The average molecular weight is 328 g/mol.